The maximum atomic E-state index is 12.0. The van der Waals surface area contributed by atoms with Crippen LogP contribution in [0.3, 0.4) is 0 Å². The van der Waals surface area contributed by atoms with Gasteiger partial charge in [-0.2, -0.15) is 0 Å². The van der Waals surface area contributed by atoms with Gasteiger partial charge >= 0.3 is 6.03 Å². The van der Waals surface area contributed by atoms with Gasteiger partial charge in [-0.15, -0.1) is 0 Å². The Morgan fingerprint density at radius 3 is 2.57 bits per heavy atom. The van der Waals surface area contributed by atoms with Crippen molar-refractivity contribution in [3.05, 3.63) is 29.8 Å². The fraction of sp³-hybridized carbons (Fsp3) is 0.556. The van der Waals surface area contributed by atoms with Crippen LogP contribution in [-0.4, -0.2) is 37.5 Å². The molecular weight excluding hydrogens is 290 g/mol. The van der Waals surface area contributed by atoms with Gasteiger partial charge in [0.2, 0.25) is 0 Å². The molecule has 0 fully saturated rings. The fourth-order valence-corrected chi connectivity index (χ4v) is 2.34. The summed E-state index contributed by atoms with van der Waals surface area (Å²) in [7, 11) is 3.41. The van der Waals surface area contributed by atoms with Gasteiger partial charge in [-0.1, -0.05) is 39.2 Å². The third-order valence-electron chi connectivity index (χ3n) is 3.87. The van der Waals surface area contributed by atoms with Crippen LogP contribution in [0.4, 0.5) is 10.5 Å². The summed E-state index contributed by atoms with van der Waals surface area (Å²) in [6.45, 7) is 5.00. The Hall–Kier alpha value is -2.04. The number of anilines is 1. The number of hydrogen-bond acceptors (Lipinski definition) is 2. The Morgan fingerprint density at radius 2 is 1.96 bits per heavy atom. The molecule has 0 heterocycles. The molecule has 2 N–H and O–H groups in total. The van der Waals surface area contributed by atoms with Gasteiger partial charge in [-0.25, -0.2) is 4.79 Å². The smallest absolute Gasteiger partial charge is 0.319 e. The molecule has 0 aliphatic rings. The highest BCUT2D eigenvalue weighted by Gasteiger charge is 2.11. The molecule has 0 spiro atoms. The van der Waals surface area contributed by atoms with E-state index in [1.807, 2.05) is 0 Å². The van der Waals surface area contributed by atoms with Crippen molar-refractivity contribution in [2.24, 2.45) is 5.92 Å². The average molecular weight is 319 g/mol. The molecule has 0 aliphatic carbocycles. The van der Waals surface area contributed by atoms with Crippen LogP contribution in [-0.2, 0) is 0 Å². The summed E-state index contributed by atoms with van der Waals surface area (Å²) in [4.78, 5) is 25.5. The lowest BCUT2D eigenvalue weighted by atomic mass is 9.99. The first-order valence-corrected chi connectivity index (χ1v) is 8.34. The number of rotatable bonds is 8. The molecule has 23 heavy (non-hydrogen) atoms. The normalized spacial score (nSPS) is 11.7. The van der Waals surface area contributed by atoms with Gasteiger partial charge in [0.15, 0.2) is 0 Å². The van der Waals surface area contributed by atoms with E-state index in [1.54, 1.807) is 38.4 Å². The van der Waals surface area contributed by atoms with Gasteiger partial charge in [-0.05, 0) is 30.5 Å². The molecule has 3 amide bonds. The first-order valence-electron chi connectivity index (χ1n) is 8.34. The lowest BCUT2D eigenvalue weighted by Gasteiger charge is -2.16. The second kappa shape index (κ2) is 9.87. The first kappa shape index (κ1) is 19.0. The number of carbonyl (C=O) groups excluding carboxylic acids is 2. The first-order chi connectivity index (χ1) is 11.0. The summed E-state index contributed by atoms with van der Waals surface area (Å²) in [5.74, 6) is 0.432. The molecule has 1 aromatic carbocycles. The molecule has 0 bridgehead atoms. The molecule has 0 aliphatic heterocycles. The summed E-state index contributed by atoms with van der Waals surface area (Å²) in [5.41, 5.74) is 1.18. The zero-order valence-electron chi connectivity index (χ0n) is 14.7. The van der Waals surface area contributed by atoms with Crippen LogP contribution in [0.15, 0.2) is 24.3 Å². The third-order valence-corrected chi connectivity index (χ3v) is 3.87. The number of urea groups is 1. The molecule has 0 radical (unpaired) electrons. The summed E-state index contributed by atoms with van der Waals surface area (Å²) < 4.78 is 0. The Kier molecular flexibility index (Phi) is 8.16. The van der Waals surface area contributed by atoms with Crippen LogP contribution in [0.2, 0.25) is 0 Å². The highest BCUT2D eigenvalue weighted by Crippen LogP contribution is 2.13. The summed E-state index contributed by atoms with van der Waals surface area (Å²) in [6, 6.07) is 6.75. The fourth-order valence-electron chi connectivity index (χ4n) is 2.34. The van der Waals surface area contributed by atoms with Crippen molar-refractivity contribution in [1.29, 1.82) is 0 Å². The molecule has 1 atom stereocenters. The van der Waals surface area contributed by atoms with Crippen molar-refractivity contribution in [2.75, 3.05) is 26.0 Å². The second-order valence-corrected chi connectivity index (χ2v) is 6.03. The minimum atomic E-state index is -0.227. The zero-order chi connectivity index (χ0) is 17.2. The minimum Gasteiger partial charge on any atom is -0.345 e. The molecular formula is C18H29N3O2. The van der Waals surface area contributed by atoms with Crippen molar-refractivity contribution in [3.8, 4) is 0 Å². The van der Waals surface area contributed by atoms with E-state index in [2.05, 4.69) is 24.5 Å². The van der Waals surface area contributed by atoms with Crippen LogP contribution >= 0.6 is 0 Å². The largest absolute Gasteiger partial charge is 0.345 e. The van der Waals surface area contributed by atoms with E-state index in [9.17, 15) is 9.59 Å². The van der Waals surface area contributed by atoms with E-state index in [1.165, 1.54) is 17.7 Å². The molecule has 0 aromatic heterocycles. The molecule has 5 nitrogen and oxygen atoms in total. The zero-order valence-corrected chi connectivity index (χ0v) is 14.7. The number of nitrogens with one attached hydrogen (secondary N) is 2. The predicted molar refractivity (Wildman–Crippen MR) is 94.8 cm³/mol. The summed E-state index contributed by atoms with van der Waals surface area (Å²) >= 11 is 0. The number of nitrogens with zero attached hydrogens (tertiary/aromatic N) is 1. The van der Waals surface area contributed by atoms with E-state index in [-0.39, 0.29) is 11.9 Å². The highest BCUT2D eigenvalue weighted by atomic mass is 16.2. The van der Waals surface area contributed by atoms with Crippen LogP contribution in [0.25, 0.3) is 0 Å². The Labute approximate surface area is 139 Å². The Bertz CT molecular complexity index is 515. The SMILES string of the molecule is CCCC[C@@H](CC)CNC(=O)Nc1cccc(C(=O)N(C)C)c1. The number of carbonyl (C=O) groups is 2. The predicted octanol–water partition coefficient (Wildman–Crippen LogP) is 3.73. The topological polar surface area (TPSA) is 61.4 Å². The van der Waals surface area contributed by atoms with Gasteiger partial charge in [0, 0.05) is 31.9 Å². The van der Waals surface area contributed by atoms with Crippen LogP contribution in [0.5, 0.6) is 0 Å². The van der Waals surface area contributed by atoms with Crippen molar-refractivity contribution >= 4 is 17.6 Å². The standard InChI is InChI=1S/C18H29N3O2/c1-5-7-9-14(6-2)13-19-18(23)20-16-11-8-10-15(12-16)17(22)21(3)4/h8,10-12,14H,5-7,9,13H2,1-4H3,(H2,19,20,23)/t14-/m1/s1. The van der Waals surface area contributed by atoms with E-state index in [4.69, 9.17) is 0 Å². The maximum Gasteiger partial charge on any atom is 0.319 e. The van der Waals surface area contributed by atoms with E-state index < -0.39 is 0 Å². The van der Waals surface area contributed by atoms with Gasteiger partial charge in [0.1, 0.15) is 0 Å². The van der Waals surface area contributed by atoms with Gasteiger partial charge in [-0.3, -0.25) is 4.79 Å². The quantitative estimate of drug-likeness (QED) is 0.767. The van der Waals surface area contributed by atoms with Crippen molar-refractivity contribution in [3.63, 3.8) is 0 Å². The summed E-state index contributed by atoms with van der Waals surface area (Å²) in [6.07, 6.45) is 4.57. The lowest BCUT2D eigenvalue weighted by molar-refractivity contribution is 0.0827. The number of amides is 3. The average Bonchev–Trinajstić information content (AvgIpc) is 2.54. The monoisotopic (exact) mass is 319 g/mol. The second-order valence-electron chi connectivity index (χ2n) is 6.03. The van der Waals surface area contributed by atoms with Crippen LogP contribution in [0, 0.1) is 5.92 Å². The molecule has 0 unspecified atom stereocenters. The van der Waals surface area contributed by atoms with Gasteiger partial charge in [0.25, 0.3) is 5.91 Å². The van der Waals surface area contributed by atoms with Gasteiger partial charge < -0.3 is 15.5 Å². The third kappa shape index (κ3) is 6.72. The number of unbranched alkanes of at least 4 members (excludes halogenated alkanes) is 1. The van der Waals surface area contributed by atoms with Crippen LogP contribution < -0.4 is 10.6 Å². The molecule has 5 heteroatoms. The van der Waals surface area contributed by atoms with E-state index in [0.717, 1.165) is 12.8 Å². The molecule has 0 saturated heterocycles. The molecule has 1 rings (SSSR count). The Balaban J connectivity index is 2.54. The molecule has 128 valence electrons. The lowest BCUT2D eigenvalue weighted by Crippen LogP contribution is -2.33. The number of benzene rings is 1. The van der Waals surface area contributed by atoms with Crippen molar-refractivity contribution in [2.45, 2.75) is 39.5 Å². The minimum absolute atomic E-state index is 0.0836. The van der Waals surface area contributed by atoms with Gasteiger partial charge in [0.05, 0.1) is 0 Å². The summed E-state index contributed by atoms with van der Waals surface area (Å²) in [5, 5.41) is 5.71. The molecule has 1 aromatic rings. The highest BCUT2D eigenvalue weighted by molar-refractivity contribution is 5.96. The van der Waals surface area contributed by atoms with Crippen LogP contribution in [0.1, 0.15) is 49.9 Å². The van der Waals surface area contributed by atoms with Crippen molar-refractivity contribution in [1.82, 2.24) is 10.2 Å². The Morgan fingerprint density at radius 1 is 1.22 bits per heavy atom. The molecule has 0 saturated carbocycles. The maximum absolute atomic E-state index is 12.0. The van der Waals surface area contributed by atoms with Crippen molar-refractivity contribution < 1.29 is 9.59 Å². The van der Waals surface area contributed by atoms with E-state index >= 15 is 0 Å². The van der Waals surface area contributed by atoms with E-state index in [0.29, 0.717) is 23.7 Å². The number of hydrogen-bond donors (Lipinski definition) is 2.